The molecule has 1 atom stereocenters. The van der Waals surface area contributed by atoms with E-state index in [1.165, 1.54) is 0 Å². The molecule has 0 aromatic carbocycles. The van der Waals surface area contributed by atoms with Gasteiger partial charge in [0.15, 0.2) is 10.8 Å². The number of fused-ring (bicyclic) bond motifs is 1. The Bertz CT molecular complexity index is 966. The number of nitrogens with zero attached hydrogens (tertiary/aromatic N) is 6. The molecule has 0 N–H and O–H groups in total. The predicted octanol–water partition coefficient (Wildman–Crippen LogP) is 2.65. The first-order valence-electron chi connectivity index (χ1n) is 9.30. The van der Waals surface area contributed by atoms with E-state index in [1.54, 1.807) is 18.0 Å². The molecule has 1 saturated heterocycles. The molecule has 9 nitrogen and oxygen atoms in total. The van der Waals surface area contributed by atoms with Crippen LogP contribution in [0.3, 0.4) is 0 Å². The maximum Gasteiger partial charge on any atom is 0.299 e. The Morgan fingerprint density at radius 3 is 2.79 bits per heavy atom. The van der Waals surface area contributed by atoms with E-state index in [0.717, 1.165) is 23.1 Å². The lowest BCUT2D eigenvalue weighted by Crippen LogP contribution is -2.36. The van der Waals surface area contributed by atoms with Crippen molar-refractivity contribution in [3.8, 4) is 11.6 Å². The highest BCUT2D eigenvalue weighted by Crippen LogP contribution is 2.32. The monoisotopic (exact) mass is 406 g/mol. The van der Waals surface area contributed by atoms with Crippen molar-refractivity contribution in [2.24, 2.45) is 7.05 Å². The maximum absolute atomic E-state index is 6.33. The van der Waals surface area contributed by atoms with Gasteiger partial charge in [0.05, 0.1) is 30.9 Å². The number of hydrogen-bond acceptors (Lipinski definition) is 8. The Morgan fingerprint density at radius 1 is 1.29 bits per heavy atom. The van der Waals surface area contributed by atoms with Crippen LogP contribution in [0.1, 0.15) is 25.0 Å². The van der Waals surface area contributed by atoms with Gasteiger partial charge in [0.2, 0.25) is 11.6 Å². The highest BCUT2D eigenvalue weighted by atomic mass is 35.5. The number of ether oxygens (including phenoxy) is 2. The number of rotatable bonds is 6. The standard InChI is InChI=1S/C18H23ClN6O3/c1-4-11(10-26-3)13-12-9-20-16(22-17(12)24(2)23-13)14-15(19)21-18(28-14)25-5-7-27-8-6-25/h9,11H,4-8,10H2,1-3H3. The van der Waals surface area contributed by atoms with Crippen LogP contribution >= 0.6 is 11.6 Å². The number of oxazole rings is 1. The molecular formula is C18H23ClN6O3. The Hall–Kier alpha value is -2.23. The normalized spacial score (nSPS) is 16.1. The van der Waals surface area contributed by atoms with Gasteiger partial charge in [-0.05, 0) is 6.42 Å². The van der Waals surface area contributed by atoms with Gasteiger partial charge in [-0.3, -0.25) is 4.68 Å². The van der Waals surface area contributed by atoms with Crippen LogP contribution in [-0.4, -0.2) is 64.8 Å². The molecule has 1 fully saturated rings. The number of aromatic nitrogens is 5. The van der Waals surface area contributed by atoms with E-state index in [2.05, 4.69) is 27.0 Å². The third kappa shape index (κ3) is 3.45. The van der Waals surface area contributed by atoms with Gasteiger partial charge in [-0.25, -0.2) is 9.97 Å². The summed E-state index contributed by atoms with van der Waals surface area (Å²) < 4.78 is 18.3. The van der Waals surface area contributed by atoms with Crippen LogP contribution in [-0.2, 0) is 16.5 Å². The zero-order chi connectivity index (χ0) is 19.7. The number of aryl methyl sites for hydroxylation is 1. The van der Waals surface area contributed by atoms with E-state index in [0.29, 0.717) is 50.5 Å². The minimum atomic E-state index is 0.185. The summed E-state index contributed by atoms with van der Waals surface area (Å²) in [7, 11) is 3.56. The molecule has 0 radical (unpaired) electrons. The van der Waals surface area contributed by atoms with Gasteiger partial charge in [0.25, 0.3) is 6.01 Å². The lowest BCUT2D eigenvalue weighted by atomic mass is 10.0. The van der Waals surface area contributed by atoms with Crippen LogP contribution in [0.2, 0.25) is 5.15 Å². The highest BCUT2D eigenvalue weighted by Gasteiger charge is 2.24. The topological polar surface area (TPSA) is 91.3 Å². The van der Waals surface area contributed by atoms with Crippen molar-refractivity contribution >= 4 is 28.6 Å². The van der Waals surface area contributed by atoms with E-state index >= 15 is 0 Å². The maximum atomic E-state index is 6.33. The Morgan fingerprint density at radius 2 is 2.07 bits per heavy atom. The SMILES string of the molecule is CCC(COC)c1nn(C)c2nc(-c3oc(N4CCOCC4)nc3Cl)ncc12. The molecule has 10 heteroatoms. The minimum Gasteiger partial charge on any atom is -0.418 e. The van der Waals surface area contributed by atoms with Gasteiger partial charge in [0.1, 0.15) is 0 Å². The molecule has 0 amide bonds. The van der Waals surface area contributed by atoms with E-state index in [9.17, 15) is 0 Å². The summed E-state index contributed by atoms with van der Waals surface area (Å²) in [5, 5.41) is 5.79. The molecule has 0 aliphatic carbocycles. The lowest BCUT2D eigenvalue weighted by molar-refractivity contribution is 0.120. The molecule has 1 aliphatic rings. The van der Waals surface area contributed by atoms with Gasteiger partial charge in [-0.15, -0.1) is 0 Å². The number of anilines is 1. The van der Waals surface area contributed by atoms with Gasteiger partial charge in [-0.2, -0.15) is 10.1 Å². The number of hydrogen-bond donors (Lipinski definition) is 0. The van der Waals surface area contributed by atoms with E-state index in [4.69, 9.17) is 25.5 Å². The second-order valence-corrected chi connectivity index (χ2v) is 7.07. The number of morpholine rings is 1. The molecule has 4 heterocycles. The third-order valence-corrected chi connectivity index (χ3v) is 5.17. The fourth-order valence-electron chi connectivity index (χ4n) is 3.38. The second kappa shape index (κ2) is 8.02. The van der Waals surface area contributed by atoms with Crippen LogP contribution in [0.4, 0.5) is 6.01 Å². The average Bonchev–Trinajstić information content (AvgIpc) is 3.27. The molecule has 150 valence electrons. The van der Waals surface area contributed by atoms with E-state index in [-0.39, 0.29) is 11.1 Å². The minimum absolute atomic E-state index is 0.185. The lowest BCUT2D eigenvalue weighted by Gasteiger charge is -2.24. The van der Waals surface area contributed by atoms with Crippen LogP contribution in [0.25, 0.3) is 22.6 Å². The van der Waals surface area contributed by atoms with Crippen molar-refractivity contribution in [3.63, 3.8) is 0 Å². The first kappa shape index (κ1) is 19.1. The Kier molecular flexibility index (Phi) is 5.47. The third-order valence-electron chi connectivity index (χ3n) is 4.92. The first-order chi connectivity index (χ1) is 13.6. The Balaban J connectivity index is 1.70. The van der Waals surface area contributed by atoms with Gasteiger partial charge < -0.3 is 18.8 Å². The summed E-state index contributed by atoms with van der Waals surface area (Å²) in [5.74, 6) is 0.931. The fraction of sp³-hybridized carbons (Fsp3) is 0.556. The molecule has 28 heavy (non-hydrogen) atoms. The largest absolute Gasteiger partial charge is 0.418 e. The summed E-state index contributed by atoms with van der Waals surface area (Å²) >= 11 is 6.33. The zero-order valence-corrected chi connectivity index (χ0v) is 16.9. The molecular weight excluding hydrogens is 384 g/mol. The summed E-state index contributed by atoms with van der Waals surface area (Å²) in [6.07, 6.45) is 2.68. The number of halogens is 1. The second-order valence-electron chi connectivity index (χ2n) is 6.72. The molecule has 3 aromatic rings. The fourth-order valence-corrected chi connectivity index (χ4v) is 3.58. The molecule has 0 saturated carbocycles. The van der Waals surface area contributed by atoms with Gasteiger partial charge in [-0.1, -0.05) is 18.5 Å². The predicted molar refractivity (Wildman–Crippen MR) is 105 cm³/mol. The molecule has 1 unspecified atom stereocenters. The van der Waals surface area contributed by atoms with Crippen molar-refractivity contribution in [2.75, 3.05) is 44.9 Å². The summed E-state index contributed by atoms with van der Waals surface area (Å²) in [6, 6.07) is 0.462. The molecule has 4 rings (SSSR count). The van der Waals surface area contributed by atoms with Gasteiger partial charge in [0, 0.05) is 39.4 Å². The zero-order valence-electron chi connectivity index (χ0n) is 16.2. The van der Waals surface area contributed by atoms with Crippen molar-refractivity contribution in [1.82, 2.24) is 24.7 Å². The smallest absolute Gasteiger partial charge is 0.299 e. The van der Waals surface area contributed by atoms with E-state index in [1.807, 2.05) is 11.9 Å². The quantitative estimate of drug-likeness (QED) is 0.617. The van der Waals surface area contributed by atoms with Crippen LogP contribution in [0.5, 0.6) is 0 Å². The molecule has 0 spiro atoms. The van der Waals surface area contributed by atoms with Crippen LogP contribution in [0, 0.1) is 0 Å². The van der Waals surface area contributed by atoms with E-state index < -0.39 is 0 Å². The average molecular weight is 407 g/mol. The van der Waals surface area contributed by atoms with Gasteiger partial charge >= 0.3 is 0 Å². The highest BCUT2D eigenvalue weighted by molar-refractivity contribution is 6.31. The molecule has 3 aromatic heterocycles. The van der Waals surface area contributed by atoms with Crippen molar-refractivity contribution < 1.29 is 13.9 Å². The van der Waals surface area contributed by atoms with Crippen LogP contribution in [0.15, 0.2) is 10.6 Å². The summed E-state index contributed by atoms with van der Waals surface area (Å²) in [4.78, 5) is 15.5. The summed E-state index contributed by atoms with van der Waals surface area (Å²) in [5.41, 5.74) is 1.65. The summed E-state index contributed by atoms with van der Waals surface area (Å²) in [6.45, 7) is 5.39. The van der Waals surface area contributed by atoms with Crippen LogP contribution < -0.4 is 4.90 Å². The molecule has 1 aliphatic heterocycles. The van der Waals surface area contributed by atoms with Crippen molar-refractivity contribution in [2.45, 2.75) is 19.3 Å². The van der Waals surface area contributed by atoms with Crippen molar-refractivity contribution in [3.05, 3.63) is 17.0 Å². The number of methoxy groups -OCH3 is 1. The molecule has 0 bridgehead atoms. The Labute approximate surface area is 167 Å². The van der Waals surface area contributed by atoms with Crippen molar-refractivity contribution in [1.29, 1.82) is 0 Å². The first-order valence-corrected chi connectivity index (χ1v) is 9.68.